The zero-order valence-corrected chi connectivity index (χ0v) is 11.6. The average molecular weight is 275 g/mol. The number of hydrogen-bond donors (Lipinski definition) is 2. The molecule has 1 saturated heterocycles. The van der Waals surface area contributed by atoms with Crippen LogP contribution >= 0.6 is 12.4 Å². The van der Waals surface area contributed by atoms with Crippen molar-refractivity contribution in [3.63, 3.8) is 0 Å². The molecule has 0 aromatic carbocycles. The molecule has 2 aliphatic carbocycles. The van der Waals surface area contributed by atoms with Gasteiger partial charge in [-0.3, -0.25) is 4.79 Å². The molecule has 1 aliphatic heterocycles. The molecule has 3 N–H and O–H groups in total. The SMILES string of the molecule is CC1OCCC1NC(=O)C1C2CCC(C2)C1N.Cl. The van der Waals surface area contributed by atoms with Crippen molar-refractivity contribution in [2.75, 3.05) is 6.61 Å². The normalized spacial score (nSPS) is 45.9. The maximum atomic E-state index is 12.3. The van der Waals surface area contributed by atoms with Crippen LogP contribution in [0.3, 0.4) is 0 Å². The van der Waals surface area contributed by atoms with Crippen molar-refractivity contribution in [2.45, 2.75) is 50.8 Å². The van der Waals surface area contributed by atoms with Crippen LogP contribution in [0.1, 0.15) is 32.6 Å². The van der Waals surface area contributed by atoms with Crippen molar-refractivity contribution in [3.05, 3.63) is 0 Å². The molecule has 5 heteroatoms. The largest absolute Gasteiger partial charge is 0.376 e. The number of amides is 1. The molecule has 6 atom stereocenters. The lowest BCUT2D eigenvalue weighted by atomic mass is 9.84. The molecular formula is C13H23ClN2O2. The Morgan fingerprint density at radius 2 is 2.00 bits per heavy atom. The van der Waals surface area contributed by atoms with Crippen LogP contribution in [-0.2, 0) is 9.53 Å². The fourth-order valence-corrected chi connectivity index (χ4v) is 3.93. The maximum Gasteiger partial charge on any atom is 0.225 e. The molecule has 1 heterocycles. The summed E-state index contributed by atoms with van der Waals surface area (Å²) < 4.78 is 5.47. The second-order valence-corrected chi connectivity index (χ2v) is 5.92. The maximum absolute atomic E-state index is 12.3. The lowest BCUT2D eigenvalue weighted by Crippen LogP contribution is -2.49. The molecule has 0 radical (unpaired) electrons. The van der Waals surface area contributed by atoms with Gasteiger partial charge in [-0.1, -0.05) is 0 Å². The molecule has 4 nitrogen and oxygen atoms in total. The molecule has 3 fully saturated rings. The molecule has 0 spiro atoms. The van der Waals surface area contributed by atoms with Crippen LogP contribution in [0.5, 0.6) is 0 Å². The van der Waals surface area contributed by atoms with Gasteiger partial charge in [0.15, 0.2) is 0 Å². The van der Waals surface area contributed by atoms with Gasteiger partial charge in [0.2, 0.25) is 5.91 Å². The summed E-state index contributed by atoms with van der Waals surface area (Å²) in [7, 11) is 0. The Hall–Kier alpha value is -0.320. The monoisotopic (exact) mass is 274 g/mol. The van der Waals surface area contributed by atoms with Gasteiger partial charge in [-0.15, -0.1) is 12.4 Å². The molecule has 104 valence electrons. The van der Waals surface area contributed by atoms with E-state index >= 15 is 0 Å². The molecule has 2 bridgehead atoms. The van der Waals surface area contributed by atoms with E-state index in [9.17, 15) is 4.79 Å². The Morgan fingerprint density at radius 1 is 1.28 bits per heavy atom. The van der Waals surface area contributed by atoms with Gasteiger partial charge in [-0.2, -0.15) is 0 Å². The van der Waals surface area contributed by atoms with Crippen LogP contribution in [-0.4, -0.2) is 30.7 Å². The van der Waals surface area contributed by atoms with Crippen molar-refractivity contribution >= 4 is 18.3 Å². The molecule has 0 aromatic heterocycles. The fraction of sp³-hybridized carbons (Fsp3) is 0.923. The third-order valence-corrected chi connectivity index (χ3v) is 4.99. The number of nitrogens with one attached hydrogen (secondary N) is 1. The van der Waals surface area contributed by atoms with Gasteiger partial charge >= 0.3 is 0 Å². The van der Waals surface area contributed by atoms with Crippen LogP contribution in [0.4, 0.5) is 0 Å². The summed E-state index contributed by atoms with van der Waals surface area (Å²) in [5.41, 5.74) is 6.18. The van der Waals surface area contributed by atoms with E-state index in [0.29, 0.717) is 11.8 Å². The van der Waals surface area contributed by atoms with E-state index in [1.807, 2.05) is 6.92 Å². The van der Waals surface area contributed by atoms with E-state index in [1.54, 1.807) is 0 Å². The van der Waals surface area contributed by atoms with Gasteiger partial charge in [0.05, 0.1) is 18.1 Å². The first-order valence-electron chi connectivity index (χ1n) is 6.84. The quantitative estimate of drug-likeness (QED) is 0.792. The first kappa shape index (κ1) is 14.1. The van der Waals surface area contributed by atoms with Crippen LogP contribution < -0.4 is 11.1 Å². The predicted octanol–water partition coefficient (Wildman–Crippen LogP) is 1.08. The van der Waals surface area contributed by atoms with Crippen molar-refractivity contribution in [1.82, 2.24) is 5.32 Å². The van der Waals surface area contributed by atoms with Gasteiger partial charge in [0, 0.05) is 12.6 Å². The smallest absolute Gasteiger partial charge is 0.225 e. The zero-order chi connectivity index (χ0) is 12.0. The van der Waals surface area contributed by atoms with Crippen molar-refractivity contribution in [2.24, 2.45) is 23.5 Å². The van der Waals surface area contributed by atoms with E-state index < -0.39 is 0 Å². The number of ether oxygens (including phenoxy) is 1. The summed E-state index contributed by atoms with van der Waals surface area (Å²) in [6.07, 6.45) is 4.65. The number of fused-ring (bicyclic) bond motifs is 2. The summed E-state index contributed by atoms with van der Waals surface area (Å²) in [5.74, 6) is 1.36. The number of nitrogens with two attached hydrogens (primary N) is 1. The van der Waals surface area contributed by atoms with Gasteiger partial charge in [0.1, 0.15) is 0 Å². The summed E-state index contributed by atoms with van der Waals surface area (Å²) in [5, 5.41) is 3.14. The minimum Gasteiger partial charge on any atom is -0.376 e. The van der Waals surface area contributed by atoms with Gasteiger partial charge < -0.3 is 15.8 Å². The lowest BCUT2D eigenvalue weighted by Gasteiger charge is -2.28. The van der Waals surface area contributed by atoms with E-state index in [2.05, 4.69) is 5.32 Å². The molecule has 1 amide bonds. The number of rotatable bonds is 2. The highest BCUT2D eigenvalue weighted by molar-refractivity contribution is 5.85. The van der Waals surface area contributed by atoms with Gasteiger partial charge in [0.25, 0.3) is 0 Å². The Bertz CT molecular complexity index is 324. The van der Waals surface area contributed by atoms with Crippen molar-refractivity contribution < 1.29 is 9.53 Å². The van der Waals surface area contributed by atoms with Crippen LogP contribution in [0.2, 0.25) is 0 Å². The molecule has 6 unspecified atom stereocenters. The summed E-state index contributed by atoms with van der Waals surface area (Å²) in [6.45, 7) is 2.79. The van der Waals surface area contributed by atoms with Crippen LogP contribution in [0.15, 0.2) is 0 Å². The number of carbonyl (C=O) groups is 1. The standard InChI is InChI=1S/C13H22N2O2.ClH/c1-7-10(4-5-17-7)15-13(16)11-8-2-3-9(6-8)12(11)14;/h7-12H,2-6,14H2,1H3,(H,15,16);1H. The Labute approximate surface area is 114 Å². The van der Waals surface area contributed by atoms with Gasteiger partial charge in [-0.25, -0.2) is 0 Å². The van der Waals surface area contributed by atoms with E-state index in [-0.39, 0.29) is 42.4 Å². The molecule has 0 aromatic rings. The highest BCUT2D eigenvalue weighted by atomic mass is 35.5. The predicted molar refractivity (Wildman–Crippen MR) is 71.5 cm³/mol. The Morgan fingerprint density at radius 3 is 2.56 bits per heavy atom. The first-order valence-corrected chi connectivity index (χ1v) is 6.84. The summed E-state index contributed by atoms with van der Waals surface area (Å²) in [6, 6.07) is 0.278. The van der Waals surface area contributed by atoms with Gasteiger partial charge in [-0.05, 0) is 44.4 Å². The minimum absolute atomic E-state index is 0. The fourth-order valence-electron chi connectivity index (χ4n) is 3.93. The lowest BCUT2D eigenvalue weighted by molar-refractivity contribution is -0.128. The third-order valence-electron chi connectivity index (χ3n) is 4.99. The second kappa shape index (κ2) is 5.35. The summed E-state index contributed by atoms with van der Waals surface area (Å²) in [4.78, 5) is 12.3. The second-order valence-electron chi connectivity index (χ2n) is 5.92. The number of carbonyl (C=O) groups excluding carboxylic acids is 1. The first-order chi connectivity index (χ1) is 8.16. The van der Waals surface area contributed by atoms with Crippen molar-refractivity contribution in [3.8, 4) is 0 Å². The highest BCUT2D eigenvalue weighted by Crippen LogP contribution is 2.47. The van der Waals surface area contributed by atoms with E-state index in [1.165, 1.54) is 12.8 Å². The Kier molecular flexibility index (Phi) is 4.19. The van der Waals surface area contributed by atoms with Crippen LogP contribution in [0.25, 0.3) is 0 Å². The Balaban J connectivity index is 0.00000120. The van der Waals surface area contributed by atoms with E-state index in [0.717, 1.165) is 19.4 Å². The number of hydrogen-bond acceptors (Lipinski definition) is 3. The van der Waals surface area contributed by atoms with Crippen LogP contribution in [0, 0.1) is 17.8 Å². The van der Waals surface area contributed by atoms with E-state index in [4.69, 9.17) is 10.5 Å². The third kappa shape index (κ3) is 2.26. The zero-order valence-electron chi connectivity index (χ0n) is 10.8. The molecule has 3 aliphatic rings. The molecule has 18 heavy (non-hydrogen) atoms. The highest BCUT2D eigenvalue weighted by Gasteiger charge is 2.49. The molecule has 2 saturated carbocycles. The topological polar surface area (TPSA) is 64.3 Å². The molecular weight excluding hydrogens is 252 g/mol. The minimum atomic E-state index is 0. The van der Waals surface area contributed by atoms with Crippen molar-refractivity contribution in [1.29, 1.82) is 0 Å². The summed E-state index contributed by atoms with van der Waals surface area (Å²) >= 11 is 0. The molecule has 3 rings (SSSR count). The number of halogens is 1. The average Bonchev–Trinajstić information content (AvgIpc) is 2.95.